The molecular weight excluding hydrogens is 516 g/mol. The number of aromatic nitrogens is 1. The Morgan fingerprint density at radius 2 is 1.74 bits per heavy atom. The highest BCUT2D eigenvalue weighted by Crippen LogP contribution is 2.36. The zero-order valence-corrected chi connectivity index (χ0v) is 23.1. The van der Waals surface area contributed by atoms with Gasteiger partial charge in [0.2, 0.25) is 29.5 Å². The van der Waals surface area contributed by atoms with E-state index in [1.165, 1.54) is 17.6 Å². The molecule has 0 bridgehead atoms. The molecule has 1 rings (SSSR count). The second-order valence-electron chi connectivity index (χ2n) is 8.81. The first-order valence-electron chi connectivity index (χ1n) is 12.8. The summed E-state index contributed by atoms with van der Waals surface area (Å²) in [6.45, 7) is 6.04. The highest BCUT2D eigenvalue weighted by atomic mass is 32.2. The zero-order chi connectivity index (χ0) is 28.7. The summed E-state index contributed by atoms with van der Waals surface area (Å²) in [6.07, 6.45) is 1.30. The van der Waals surface area contributed by atoms with Crippen molar-refractivity contribution in [1.29, 1.82) is 0 Å². The van der Waals surface area contributed by atoms with Crippen LogP contribution in [0.3, 0.4) is 0 Å². The van der Waals surface area contributed by atoms with Crippen LogP contribution in [0.1, 0.15) is 59.3 Å². The lowest BCUT2D eigenvalue weighted by Crippen LogP contribution is -2.55. The number of aromatic hydroxyl groups is 2. The number of nitrogens with one attached hydrogen (secondary N) is 4. The van der Waals surface area contributed by atoms with Crippen LogP contribution in [0, 0.1) is 0 Å². The molecule has 216 valence electrons. The maximum Gasteiger partial charge on any atom is 0.242 e. The van der Waals surface area contributed by atoms with E-state index < -0.39 is 30.1 Å². The van der Waals surface area contributed by atoms with E-state index >= 15 is 0 Å². The average Bonchev–Trinajstić information content (AvgIpc) is 3.13. The van der Waals surface area contributed by atoms with Gasteiger partial charge in [-0.2, -0.15) is 0 Å². The van der Waals surface area contributed by atoms with Crippen molar-refractivity contribution in [3.05, 3.63) is 6.07 Å². The number of hydrogen-bond acceptors (Lipinski definition) is 9. The van der Waals surface area contributed by atoms with Gasteiger partial charge in [0, 0.05) is 51.2 Å². The van der Waals surface area contributed by atoms with E-state index in [0.29, 0.717) is 38.8 Å². The second-order valence-corrected chi connectivity index (χ2v) is 9.87. The Morgan fingerprint density at radius 3 is 2.34 bits per heavy atom. The fourth-order valence-electron chi connectivity index (χ4n) is 3.42. The van der Waals surface area contributed by atoms with E-state index in [9.17, 15) is 34.5 Å². The summed E-state index contributed by atoms with van der Waals surface area (Å²) >= 11 is 1.05. The molecule has 1 heterocycles. The third kappa shape index (κ3) is 12.0. The lowest BCUT2D eigenvalue weighted by atomic mass is 10.1. The lowest BCUT2D eigenvalue weighted by molar-refractivity contribution is -0.129. The minimum atomic E-state index is -1.44. The number of aliphatic hydroxyl groups excluding tert-OH is 1. The summed E-state index contributed by atoms with van der Waals surface area (Å²) in [6, 6.07) is -0.473. The fraction of sp³-hybridized carbons (Fsp3) is 0.667. The van der Waals surface area contributed by atoms with Gasteiger partial charge in [0.05, 0.1) is 10.9 Å². The molecule has 0 radical (unpaired) electrons. The largest absolute Gasteiger partial charge is 0.494 e. The highest BCUT2D eigenvalue weighted by molar-refractivity contribution is 7.99. The molecule has 0 fully saturated rings. The predicted octanol–water partition coefficient (Wildman–Crippen LogP) is -0.129. The number of unbranched alkanes of at least 4 members (excludes halogenated alkanes) is 1. The number of carbonyl (C=O) groups is 4. The molecular formula is C24H42N6O7S. The van der Waals surface area contributed by atoms with Crippen LogP contribution in [0.15, 0.2) is 11.0 Å². The van der Waals surface area contributed by atoms with E-state index in [1.54, 1.807) is 6.92 Å². The van der Waals surface area contributed by atoms with E-state index in [2.05, 4.69) is 21.3 Å². The molecule has 0 spiro atoms. The van der Waals surface area contributed by atoms with Crippen LogP contribution in [-0.2, 0) is 25.7 Å². The Balaban J connectivity index is 2.73. The minimum Gasteiger partial charge on any atom is -0.494 e. The molecule has 0 saturated heterocycles. The van der Waals surface area contributed by atoms with Crippen LogP contribution in [0.2, 0.25) is 0 Å². The Bertz CT molecular complexity index is 924. The molecule has 1 aromatic rings. The monoisotopic (exact) mass is 558 g/mol. The molecule has 0 aliphatic heterocycles. The highest BCUT2D eigenvalue weighted by Gasteiger charge is 2.26. The third-order valence-electron chi connectivity index (χ3n) is 5.56. The molecule has 4 amide bonds. The summed E-state index contributed by atoms with van der Waals surface area (Å²) < 4.78 is 1.19. The van der Waals surface area contributed by atoms with Crippen molar-refractivity contribution >= 4 is 35.4 Å². The van der Waals surface area contributed by atoms with Crippen molar-refractivity contribution in [3.63, 3.8) is 0 Å². The van der Waals surface area contributed by atoms with Crippen molar-refractivity contribution in [2.45, 2.75) is 89.0 Å². The van der Waals surface area contributed by atoms with Crippen LogP contribution < -0.4 is 27.0 Å². The number of amides is 4. The first kappa shape index (κ1) is 33.1. The molecule has 9 N–H and O–H groups in total. The molecule has 14 heteroatoms. The summed E-state index contributed by atoms with van der Waals surface area (Å²) in [4.78, 5) is 47.9. The maximum atomic E-state index is 12.9. The van der Waals surface area contributed by atoms with Crippen LogP contribution in [0.25, 0.3) is 0 Å². The molecule has 0 saturated carbocycles. The van der Waals surface area contributed by atoms with E-state index in [1.807, 2.05) is 6.92 Å². The number of nitrogens with zero attached hydrogens (tertiary/aromatic N) is 1. The zero-order valence-electron chi connectivity index (χ0n) is 22.3. The third-order valence-corrected chi connectivity index (χ3v) is 6.70. The molecule has 0 aromatic carbocycles. The second kappa shape index (κ2) is 17.5. The quantitative estimate of drug-likeness (QED) is 0.0684. The molecule has 38 heavy (non-hydrogen) atoms. The summed E-state index contributed by atoms with van der Waals surface area (Å²) in [5.74, 6) is -1.63. The normalized spacial score (nSPS) is 13.3. The average molecular weight is 559 g/mol. The lowest BCUT2D eigenvalue weighted by Gasteiger charge is -2.24. The number of rotatable bonds is 18. The molecule has 13 nitrogen and oxygen atoms in total. The van der Waals surface area contributed by atoms with Crippen molar-refractivity contribution in [2.75, 3.05) is 18.8 Å². The van der Waals surface area contributed by atoms with E-state index in [4.69, 9.17) is 5.73 Å². The topological polar surface area (TPSA) is 208 Å². The molecule has 1 aromatic heterocycles. The van der Waals surface area contributed by atoms with Crippen LogP contribution in [0.5, 0.6) is 11.8 Å². The van der Waals surface area contributed by atoms with Crippen molar-refractivity contribution in [2.24, 2.45) is 5.73 Å². The van der Waals surface area contributed by atoms with Gasteiger partial charge in [-0.1, -0.05) is 13.8 Å². The summed E-state index contributed by atoms with van der Waals surface area (Å²) in [5.41, 5.74) is 5.66. The Morgan fingerprint density at radius 1 is 1.05 bits per heavy atom. The Labute approximate surface area is 227 Å². The number of hydrogen-bond donors (Lipinski definition) is 8. The first-order valence-corrected chi connectivity index (χ1v) is 13.8. The fourth-order valence-corrected chi connectivity index (χ4v) is 4.49. The first-order chi connectivity index (χ1) is 18.0. The van der Waals surface area contributed by atoms with Crippen LogP contribution in [-0.4, -0.2) is 80.7 Å². The smallest absolute Gasteiger partial charge is 0.242 e. The van der Waals surface area contributed by atoms with Gasteiger partial charge in [-0.3, -0.25) is 23.7 Å². The van der Waals surface area contributed by atoms with Gasteiger partial charge in [0.25, 0.3) is 0 Å². The molecule has 3 atom stereocenters. The van der Waals surface area contributed by atoms with Crippen LogP contribution >= 0.6 is 11.8 Å². The number of thioether (sulfide) groups is 1. The maximum absolute atomic E-state index is 12.9. The van der Waals surface area contributed by atoms with Gasteiger partial charge in [0.1, 0.15) is 12.3 Å². The number of carbonyl (C=O) groups excluding carboxylic acids is 4. The predicted molar refractivity (Wildman–Crippen MR) is 143 cm³/mol. The molecule has 0 aliphatic rings. The van der Waals surface area contributed by atoms with Gasteiger partial charge in [0.15, 0.2) is 5.88 Å². The Kier molecular flexibility index (Phi) is 15.2. The van der Waals surface area contributed by atoms with Gasteiger partial charge >= 0.3 is 0 Å². The minimum absolute atomic E-state index is 0.0489. The van der Waals surface area contributed by atoms with E-state index in [-0.39, 0.29) is 47.2 Å². The SMILES string of the molecule is CCCNC(=O)CCn1c(O)cc(SCC(NC(=O)C(CCCCNC(=O)CC)NC(C)=O)C(N)O)c1O. The standard InChI is InChI=1S/C24H42N6O7S/c1-4-10-26-20(33)9-12-30-21(34)13-18(24(30)37)38-14-17(22(25)35)29-23(36)16(28-15(3)31)8-6-7-11-27-19(32)5-2/h13,16-17,22,34-35,37H,4-12,14,25H2,1-3H3,(H,26,33)(H,27,32)(H,28,31)(H,29,36). The van der Waals surface area contributed by atoms with Gasteiger partial charge in [-0.25, -0.2) is 0 Å². The van der Waals surface area contributed by atoms with Crippen molar-refractivity contribution in [1.82, 2.24) is 25.8 Å². The Hall–Kier alpha value is -2.97. The molecule has 0 aliphatic carbocycles. The number of aliphatic hydroxyl groups is 1. The van der Waals surface area contributed by atoms with Crippen molar-refractivity contribution < 1.29 is 34.5 Å². The summed E-state index contributed by atoms with van der Waals surface area (Å²) in [7, 11) is 0. The van der Waals surface area contributed by atoms with Gasteiger partial charge < -0.3 is 42.3 Å². The van der Waals surface area contributed by atoms with Crippen LogP contribution in [0.4, 0.5) is 0 Å². The number of nitrogens with two attached hydrogens (primary N) is 1. The van der Waals surface area contributed by atoms with E-state index in [0.717, 1.165) is 18.2 Å². The van der Waals surface area contributed by atoms with Gasteiger partial charge in [-0.15, -0.1) is 11.8 Å². The molecule has 3 unspecified atom stereocenters. The van der Waals surface area contributed by atoms with Crippen molar-refractivity contribution in [3.8, 4) is 11.8 Å². The van der Waals surface area contributed by atoms with Gasteiger partial charge in [-0.05, 0) is 25.7 Å². The summed E-state index contributed by atoms with van der Waals surface area (Å²) in [5, 5.41) is 41.4.